The summed E-state index contributed by atoms with van der Waals surface area (Å²) in [6.07, 6.45) is 91.1. The van der Waals surface area contributed by atoms with Crippen LogP contribution < -0.4 is 5.11 Å². The van der Waals surface area contributed by atoms with Crippen molar-refractivity contribution in [3.05, 3.63) is 134 Å². The van der Waals surface area contributed by atoms with Crippen LogP contribution in [0, 0.1) is 0 Å². The van der Waals surface area contributed by atoms with E-state index in [9.17, 15) is 19.5 Å². The SMILES string of the molecule is CC/C=C\C/C=C\C/C=C\C/C=C\C/C=C\C/C=C\C/C=C\C/C=C\CCCCC(=O)OC(COC(=O)CCCCCCCCCCCCCCCCCCCC/C=C\C/C=C\C/C=C\CCCCCCC)COC(OCC[N+](C)(C)C)C(=O)[O-]. The van der Waals surface area contributed by atoms with Gasteiger partial charge in [-0.15, -0.1) is 0 Å². The lowest BCUT2D eigenvalue weighted by Crippen LogP contribution is -2.44. The Morgan fingerprint density at radius 1 is 0.365 bits per heavy atom. The lowest BCUT2D eigenvalue weighted by molar-refractivity contribution is -0.870. The van der Waals surface area contributed by atoms with Gasteiger partial charge in [-0.25, -0.2) is 0 Å². The molecule has 0 aromatic rings. The van der Waals surface area contributed by atoms with Gasteiger partial charge in [0.2, 0.25) is 0 Å². The summed E-state index contributed by atoms with van der Waals surface area (Å²) in [6, 6.07) is 0. The van der Waals surface area contributed by atoms with E-state index >= 15 is 0 Å². The zero-order valence-electron chi connectivity index (χ0n) is 55.2. The molecule has 0 aromatic heterocycles. The summed E-state index contributed by atoms with van der Waals surface area (Å²) in [4.78, 5) is 37.4. The lowest BCUT2D eigenvalue weighted by atomic mass is 10.0. The summed E-state index contributed by atoms with van der Waals surface area (Å²) in [5.74, 6) is -2.35. The Hall–Kier alpha value is -4.57. The first-order chi connectivity index (χ1) is 41.6. The fourth-order valence-corrected chi connectivity index (χ4v) is 9.15. The molecule has 484 valence electrons. The number of quaternary nitrogens is 1. The van der Waals surface area contributed by atoms with Gasteiger partial charge in [0, 0.05) is 12.8 Å². The quantitative estimate of drug-likeness (QED) is 0.0195. The third-order valence-electron chi connectivity index (χ3n) is 14.4. The highest BCUT2D eigenvalue weighted by molar-refractivity contribution is 5.70. The monoisotopic (exact) mass is 1180 g/mol. The Labute approximate surface area is 522 Å². The maximum Gasteiger partial charge on any atom is 0.306 e. The molecule has 0 amide bonds. The van der Waals surface area contributed by atoms with Gasteiger partial charge >= 0.3 is 11.9 Å². The number of carbonyl (C=O) groups excluding carboxylic acids is 3. The Kier molecular flexibility index (Phi) is 61.9. The van der Waals surface area contributed by atoms with E-state index in [4.69, 9.17) is 18.9 Å². The molecular formula is C76H127NO8. The molecule has 0 saturated carbocycles. The molecule has 0 aliphatic carbocycles. The first kappa shape index (κ1) is 80.4. The van der Waals surface area contributed by atoms with Crippen molar-refractivity contribution in [3.8, 4) is 0 Å². The number of aliphatic carboxylic acids is 1. The van der Waals surface area contributed by atoms with Crippen molar-refractivity contribution in [1.29, 1.82) is 0 Å². The standard InChI is InChI=1S/C76H127NO8/c1-6-8-10-12-14-16-18-20-22-24-26-28-30-32-34-35-36-37-38-39-41-42-44-46-48-50-52-54-56-58-60-62-64-66-73(78)83-70-72(71-84-76(75(80)81)82-69-68-77(3,4)5)85-74(79)67-65-63-61-59-57-55-53-51-49-47-45-43-40-33-31-29-27-25-23-21-19-17-15-13-11-9-7-2/h9,11,15,17-18,20-21,23-24,26-27,29-30,32-33,40,45,47,51,53,57,59,72,76H,6-8,10,12-14,16,19,22,25,28,31,34-39,41-44,46,48-50,52,54-56,58,60-71H2,1-5H3/b11-9-,17-15-,20-18-,23-21-,26-24-,29-27-,32-30-,40-33-,47-45-,53-51-,59-57-. The van der Waals surface area contributed by atoms with Gasteiger partial charge < -0.3 is 33.3 Å². The van der Waals surface area contributed by atoms with Gasteiger partial charge in [0.15, 0.2) is 12.4 Å². The van der Waals surface area contributed by atoms with E-state index in [1.54, 1.807) is 0 Å². The smallest absolute Gasteiger partial charge is 0.306 e. The average molecular weight is 1180 g/mol. The van der Waals surface area contributed by atoms with E-state index in [0.29, 0.717) is 17.4 Å². The topological polar surface area (TPSA) is 111 Å². The van der Waals surface area contributed by atoms with E-state index in [0.717, 1.165) is 96.3 Å². The molecule has 0 radical (unpaired) electrons. The number of nitrogens with zero attached hydrogens (tertiary/aromatic N) is 1. The van der Waals surface area contributed by atoms with Crippen LogP contribution in [0.5, 0.6) is 0 Å². The highest BCUT2D eigenvalue weighted by atomic mass is 16.7. The first-order valence-corrected chi connectivity index (χ1v) is 34.3. The Bertz CT molecular complexity index is 1860. The number of carboxylic acid groups (broad SMARTS) is 1. The average Bonchev–Trinajstić information content (AvgIpc) is 3.48. The Morgan fingerprint density at radius 2 is 0.671 bits per heavy atom. The van der Waals surface area contributed by atoms with Gasteiger partial charge in [-0.1, -0.05) is 276 Å². The van der Waals surface area contributed by atoms with Crippen molar-refractivity contribution < 1.29 is 42.9 Å². The van der Waals surface area contributed by atoms with Crippen molar-refractivity contribution >= 4 is 17.9 Å². The number of likely N-dealkylation sites (N-methyl/N-ethyl adjacent to an activating group) is 1. The van der Waals surface area contributed by atoms with Gasteiger partial charge in [-0.2, -0.15) is 0 Å². The minimum atomic E-state index is -1.64. The predicted octanol–water partition coefficient (Wildman–Crippen LogP) is 20.0. The van der Waals surface area contributed by atoms with Crippen LogP contribution >= 0.6 is 0 Å². The first-order valence-electron chi connectivity index (χ1n) is 34.3. The van der Waals surface area contributed by atoms with Crippen LogP contribution in [0.15, 0.2) is 134 Å². The summed E-state index contributed by atoms with van der Waals surface area (Å²) < 4.78 is 22.7. The summed E-state index contributed by atoms with van der Waals surface area (Å²) in [5.41, 5.74) is 0. The number of hydrogen-bond acceptors (Lipinski definition) is 8. The minimum absolute atomic E-state index is 0.133. The zero-order chi connectivity index (χ0) is 61.9. The molecule has 9 heteroatoms. The van der Waals surface area contributed by atoms with Crippen LogP contribution in [0.1, 0.15) is 271 Å². The highest BCUT2D eigenvalue weighted by Gasteiger charge is 2.22. The summed E-state index contributed by atoms with van der Waals surface area (Å²) in [7, 11) is 5.91. The molecule has 85 heavy (non-hydrogen) atoms. The van der Waals surface area contributed by atoms with Gasteiger partial charge in [0.05, 0.1) is 40.3 Å². The molecule has 0 saturated heterocycles. The van der Waals surface area contributed by atoms with E-state index in [2.05, 4.69) is 148 Å². The molecule has 9 nitrogen and oxygen atoms in total. The predicted molar refractivity (Wildman–Crippen MR) is 361 cm³/mol. The molecule has 0 fully saturated rings. The highest BCUT2D eigenvalue weighted by Crippen LogP contribution is 2.16. The van der Waals surface area contributed by atoms with Crippen LogP contribution in [0.3, 0.4) is 0 Å². The van der Waals surface area contributed by atoms with E-state index in [1.165, 1.54) is 141 Å². The third-order valence-corrected chi connectivity index (χ3v) is 14.4. The maximum absolute atomic E-state index is 12.9. The largest absolute Gasteiger partial charge is 0.545 e. The van der Waals surface area contributed by atoms with Crippen LogP contribution in [0.25, 0.3) is 0 Å². The number of hydrogen-bond donors (Lipinski definition) is 0. The fourth-order valence-electron chi connectivity index (χ4n) is 9.15. The van der Waals surface area contributed by atoms with Crippen LogP contribution in [0.2, 0.25) is 0 Å². The number of allylic oxidation sites excluding steroid dienone is 22. The maximum atomic E-state index is 12.9. The second-order valence-electron chi connectivity index (χ2n) is 23.7. The number of esters is 2. The van der Waals surface area contributed by atoms with Crippen LogP contribution in [0.4, 0.5) is 0 Å². The Balaban J connectivity index is 4.21. The molecule has 0 rings (SSSR count). The number of carbonyl (C=O) groups is 3. The van der Waals surface area contributed by atoms with Crippen molar-refractivity contribution in [1.82, 2.24) is 0 Å². The number of ether oxygens (including phenoxy) is 4. The van der Waals surface area contributed by atoms with Crippen molar-refractivity contribution in [2.24, 2.45) is 0 Å². The molecule has 0 N–H and O–H groups in total. The van der Waals surface area contributed by atoms with Crippen molar-refractivity contribution in [3.63, 3.8) is 0 Å². The third kappa shape index (κ3) is 66.8. The van der Waals surface area contributed by atoms with Crippen molar-refractivity contribution in [2.45, 2.75) is 283 Å². The molecule has 0 aromatic carbocycles. The summed E-state index contributed by atoms with van der Waals surface area (Å²) >= 11 is 0. The molecule has 2 unspecified atom stereocenters. The fraction of sp³-hybridized carbons (Fsp3) is 0.671. The zero-order valence-corrected chi connectivity index (χ0v) is 55.2. The Morgan fingerprint density at radius 3 is 1.02 bits per heavy atom. The molecule has 0 aliphatic heterocycles. The van der Waals surface area contributed by atoms with Gasteiger partial charge in [0.1, 0.15) is 13.2 Å². The number of rotatable bonds is 62. The summed E-state index contributed by atoms with van der Waals surface area (Å²) in [5, 5.41) is 11.8. The van der Waals surface area contributed by atoms with Gasteiger partial charge in [-0.05, 0) is 116 Å². The van der Waals surface area contributed by atoms with E-state index in [1.807, 2.05) is 21.1 Å². The number of unbranched alkanes of at least 4 members (excludes halogenated alkanes) is 25. The van der Waals surface area contributed by atoms with Gasteiger partial charge in [0.25, 0.3) is 0 Å². The van der Waals surface area contributed by atoms with Gasteiger partial charge in [-0.3, -0.25) is 9.59 Å². The molecular weight excluding hydrogens is 1050 g/mol. The number of carboxylic acids is 1. The molecule has 0 heterocycles. The lowest BCUT2D eigenvalue weighted by Gasteiger charge is -2.26. The molecule has 0 spiro atoms. The molecule has 0 bridgehead atoms. The second kappa shape index (κ2) is 65.4. The molecule has 2 atom stereocenters. The van der Waals surface area contributed by atoms with E-state index < -0.39 is 24.3 Å². The summed E-state index contributed by atoms with van der Waals surface area (Å²) in [6.45, 7) is 4.57. The minimum Gasteiger partial charge on any atom is -0.545 e. The molecule has 0 aliphatic rings. The normalized spacial score (nSPS) is 13.6. The van der Waals surface area contributed by atoms with E-state index in [-0.39, 0.29) is 38.6 Å². The van der Waals surface area contributed by atoms with Crippen molar-refractivity contribution in [2.75, 3.05) is 47.5 Å². The van der Waals surface area contributed by atoms with Crippen LogP contribution in [-0.4, -0.2) is 82.3 Å². The second-order valence-corrected chi connectivity index (χ2v) is 23.7. The van der Waals surface area contributed by atoms with Crippen LogP contribution in [-0.2, 0) is 33.3 Å².